The minimum atomic E-state index is -3.81. The van der Waals surface area contributed by atoms with Crippen LogP contribution in [0.2, 0.25) is 0 Å². The van der Waals surface area contributed by atoms with Crippen LogP contribution in [-0.4, -0.2) is 26.9 Å². The van der Waals surface area contributed by atoms with E-state index in [0.717, 1.165) is 18.4 Å². The number of sulfonamides is 1. The van der Waals surface area contributed by atoms with Gasteiger partial charge in [-0.2, -0.15) is 0 Å². The molecular weight excluding hydrogens is 396 g/mol. The number of fused-ring (bicyclic) bond motifs is 3. The number of hydrogen-bond acceptors (Lipinski definition) is 3. The van der Waals surface area contributed by atoms with Gasteiger partial charge in [0.05, 0.1) is 10.6 Å². The Balaban J connectivity index is 1.50. The number of benzene rings is 3. The monoisotopic (exact) mass is 420 g/mol. The van der Waals surface area contributed by atoms with Gasteiger partial charge in [-0.3, -0.25) is 9.10 Å². The molecule has 1 aliphatic rings. The Morgan fingerprint density at radius 2 is 1.53 bits per heavy atom. The van der Waals surface area contributed by atoms with Crippen molar-refractivity contribution in [2.45, 2.75) is 30.7 Å². The summed E-state index contributed by atoms with van der Waals surface area (Å²) in [7, 11) is -3.81. The molecule has 0 bridgehead atoms. The van der Waals surface area contributed by atoms with Crippen molar-refractivity contribution >= 4 is 21.6 Å². The lowest BCUT2D eigenvalue weighted by atomic mass is 10.0. The molecule has 154 valence electrons. The van der Waals surface area contributed by atoms with Gasteiger partial charge >= 0.3 is 0 Å². The summed E-state index contributed by atoms with van der Waals surface area (Å²) in [4.78, 5) is 13.0. The van der Waals surface area contributed by atoms with Crippen LogP contribution >= 0.6 is 0 Å². The number of nitrogens with one attached hydrogen (secondary N) is 1. The molecule has 0 saturated heterocycles. The van der Waals surface area contributed by atoms with Crippen LogP contribution in [0.3, 0.4) is 0 Å². The highest BCUT2D eigenvalue weighted by atomic mass is 32.2. The molecule has 30 heavy (non-hydrogen) atoms. The van der Waals surface area contributed by atoms with Crippen LogP contribution in [0.5, 0.6) is 0 Å². The lowest BCUT2D eigenvalue weighted by Crippen LogP contribution is -2.44. The number of para-hydroxylation sites is 1. The third-order valence-corrected chi connectivity index (χ3v) is 7.14. The Labute approximate surface area is 177 Å². The summed E-state index contributed by atoms with van der Waals surface area (Å²) in [6.45, 7) is 1.69. The van der Waals surface area contributed by atoms with Crippen LogP contribution in [-0.2, 0) is 21.2 Å². The lowest BCUT2D eigenvalue weighted by Gasteiger charge is -2.31. The zero-order valence-electron chi connectivity index (χ0n) is 16.8. The van der Waals surface area contributed by atoms with Gasteiger partial charge in [-0.1, -0.05) is 66.7 Å². The molecule has 1 amide bonds. The highest BCUT2D eigenvalue weighted by Gasteiger charge is 2.35. The zero-order chi connectivity index (χ0) is 21.1. The number of rotatable bonds is 6. The number of amides is 1. The van der Waals surface area contributed by atoms with Gasteiger partial charge in [0.1, 0.15) is 6.54 Å². The molecule has 1 N–H and O–H groups in total. The van der Waals surface area contributed by atoms with Gasteiger partial charge < -0.3 is 5.32 Å². The van der Waals surface area contributed by atoms with E-state index in [-0.39, 0.29) is 23.4 Å². The summed E-state index contributed by atoms with van der Waals surface area (Å²) >= 11 is 0. The molecule has 5 nitrogen and oxygen atoms in total. The number of anilines is 1. The quantitative estimate of drug-likeness (QED) is 0.655. The van der Waals surface area contributed by atoms with E-state index in [1.165, 1.54) is 9.87 Å². The Hall–Kier alpha value is -3.12. The van der Waals surface area contributed by atoms with Crippen molar-refractivity contribution in [2.75, 3.05) is 10.8 Å². The molecule has 1 aliphatic heterocycles. The second kappa shape index (κ2) is 8.32. The maximum absolute atomic E-state index is 13.2. The standard InChI is InChI=1S/C24H24N2O3S/c1-18(15-16-19-9-3-2-4-10-19)25-24(27)17-26-22-13-7-5-11-20(22)21-12-6-8-14-23(21)30(26,28)29/h2-14,18H,15-17H2,1H3,(H,25,27)/t18-/m0/s1. The van der Waals surface area contributed by atoms with Crippen LogP contribution in [0.1, 0.15) is 18.9 Å². The van der Waals surface area contributed by atoms with Crippen molar-refractivity contribution < 1.29 is 13.2 Å². The Kier molecular flexibility index (Phi) is 5.59. The fraction of sp³-hybridized carbons (Fsp3) is 0.208. The number of carbonyl (C=O) groups is 1. The molecule has 0 saturated carbocycles. The van der Waals surface area contributed by atoms with Crippen molar-refractivity contribution in [3.05, 3.63) is 84.4 Å². The fourth-order valence-electron chi connectivity index (χ4n) is 3.80. The minimum Gasteiger partial charge on any atom is -0.352 e. The van der Waals surface area contributed by atoms with E-state index in [4.69, 9.17) is 0 Å². The van der Waals surface area contributed by atoms with Crippen LogP contribution in [0.4, 0.5) is 5.69 Å². The maximum Gasteiger partial charge on any atom is 0.265 e. The highest BCUT2D eigenvalue weighted by Crippen LogP contribution is 2.42. The maximum atomic E-state index is 13.2. The van der Waals surface area contributed by atoms with Crippen molar-refractivity contribution in [3.63, 3.8) is 0 Å². The molecule has 0 unspecified atom stereocenters. The SMILES string of the molecule is C[C@@H](CCc1ccccc1)NC(=O)CN1c2ccccc2-c2ccccc2S1(=O)=O. The topological polar surface area (TPSA) is 66.5 Å². The van der Waals surface area contributed by atoms with Gasteiger partial charge in [0.15, 0.2) is 0 Å². The molecular formula is C24H24N2O3S. The second-order valence-corrected chi connectivity index (χ2v) is 9.35. The van der Waals surface area contributed by atoms with Crippen LogP contribution in [0.15, 0.2) is 83.8 Å². The highest BCUT2D eigenvalue weighted by molar-refractivity contribution is 7.93. The first-order chi connectivity index (χ1) is 14.5. The van der Waals surface area contributed by atoms with Crippen LogP contribution in [0, 0.1) is 0 Å². The molecule has 1 heterocycles. The van der Waals surface area contributed by atoms with E-state index in [1.54, 1.807) is 30.3 Å². The van der Waals surface area contributed by atoms with E-state index in [0.29, 0.717) is 11.3 Å². The third kappa shape index (κ3) is 3.96. The molecule has 0 fully saturated rings. The molecule has 0 spiro atoms. The first kappa shape index (κ1) is 20.2. The molecule has 4 rings (SSSR count). The number of hydrogen-bond donors (Lipinski definition) is 1. The number of aryl methyl sites for hydroxylation is 1. The van der Waals surface area contributed by atoms with Crippen molar-refractivity contribution in [1.29, 1.82) is 0 Å². The van der Waals surface area contributed by atoms with Crippen molar-refractivity contribution in [1.82, 2.24) is 5.32 Å². The van der Waals surface area contributed by atoms with E-state index >= 15 is 0 Å². The van der Waals surface area contributed by atoms with Crippen LogP contribution < -0.4 is 9.62 Å². The fourth-order valence-corrected chi connectivity index (χ4v) is 5.45. The van der Waals surface area contributed by atoms with Crippen molar-refractivity contribution in [2.24, 2.45) is 0 Å². The van der Waals surface area contributed by atoms with Gasteiger partial charge in [-0.15, -0.1) is 0 Å². The normalized spacial score (nSPS) is 15.0. The van der Waals surface area contributed by atoms with E-state index in [9.17, 15) is 13.2 Å². The van der Waals surface area contributed by atoms with Gasteiger partial charge in [0, 0.05) is 17.2 Å². The molecule has 3 aromatic carbocycles. The van der Waals surface area contributed by atoms with E-state index < -0.39 is 10.0 Å². The van der Waals surface area contributed by atoms with Gasteiger partial charge in [-0.05, 0) is 37.5 Å². The second-order valence-electron chi connectivity index (χ2n) is 7.52. The summed E-state index contributed by atoms with van der Waals surface area (Å²) in [5.41, 5.74) is 3.22. The minimum absolute atomic E-state index is 0.0623. The van der Waals surface area contributed by atoms with Gasteiger partial charge in [0.25, 0.3) is 10.0 Å². The molecule has 6 heteroatoms. The Morgan fingerprint density at radius 1 is 0.900 bits per heavy atom. The summed E-state index contributed by atoms with van der Waals surface area (Å²) in [6, 6.07) is 24.2. The predicted molar refractivity (Wildman–Crippen MR) is 119 cm³/mol. The zero-order valence-corrected chi connectivity index (χ0v) is 17.6. The van der Waals surface area contributed by atoms with Gasteiger partial charge in [-0.25, -0.2) is 8.42 Å². The average Bonchev–Trinajstić information content (AvgIpc) is 2.76. The summed E-state index contributed by atoms with van der Waals surface area (Å²) in [5, 5.41) is 2.94. The Bertz CT molecular complexity index is 1160. The van der Waals surface area contributed by atoms with Crippen molar-refractivity contribution in [3.8, 4) is 11.1 Å². The number of nitrogens with zero attached hydrogens (tertiary/aromatic N) is 1. The average molecular weight is 421 g/mol. The Morgan fingerprint density at radius 3 is 2.30 bits per heavy atom. The molecule has 0 aliphatic carbocycles. The summed E-state index contributed by atoms with van der Waals surface area (Å²) in [5.74, 6) is -0.312. The number of carbonyl (C=O) groups excluding carboxylic acids is 1. The predicted octanol–water partition coefficient (Wildman–Crippen LogP) is 4.00. The first-order valence-electron chi connectivity index (χ1n) is 10.0. The van der Waals surface area contributed by atoms with Crippen LogP contribution in [0.25, 0.3) is 11.1 Å². The smallest absolute Gasteiger partial charge is 0.265 e. The molecule has 0 radical (unpaired) electrons. The lowest BCUT2D eigenvalue weighted by molar-refractivity contribution is -0.120. The molecule has 3 aromatic rings. The van der Waals surface area contributed by atoms with E-state index in [2.05, 4.69) is 17.4 Å². The third-order valence-electron chi connectivity index (χ3n) is 5.32. The summed E-state index contributed by atoms with van der Waals surface area (Å²) in [6.07, 6.45) is 1.63. The van der Waals surface area contributed by atoms with E-state index in [1.807, 2.05) is 43.3 Å². The summed E-state index contributed by atoms with van der Waals surface area (Å²) < 4.78 is 27.7. The molecule has 0 aromatic heterocycles. The largest absolute Gasteiger partial charge is 0.352 e. The molecule has 1 atom stereocenters. The van der Waals surface area contributed by atoms with Gasteiger partial charge in [0.2, 0.25) is 5.91 Å². The first-order valence-corrected chi connectivity index (χ1v) is 11.5.